The number of sulfonamides is 1. The molecule has 7 nitrogen and oxygen atoms in total. The molecule has 0 bridgehead atoms. The molecule has 0 aliphatic rings. The van der Waals surface area contributed by atoms with Crippen molar-refractivity contribution in [1.29, 1.82) is 0 Å². The molecule has 0 heterocycles. The largest absolute Gasteiger partial charge is 0.357 e. The molecule has 0 spiro atoms. The number of hydrogen-bond donors (Lipinski definition) is 1. The Morgan fingerprint density at radius 2 is 1.53 bits per heavy atom. The number of carbonyl (C=O) groups is 2. The lowest BCUT2D eigenvalue weighted by Gasteiger charge is -2.33. The van der Waals surface area contributed by atoms with Gasteiger partial charge in [-0.2, -0.15) is 0 Å². The molecule has 1 N–H and O–H groups in total. The van der Waals surface area contributed by atoms with Crippen LogP contribution in [0.15, 0.2) is 78.9 Å². The Kier molecular flexibility index (Phi) is 9.37. The summed E-state index contributed by atoms with van der Waals surface area (Å²) in [6, 6.07) is 21.5. The number of nitrogens with one attached hydrogen (secondary N) is 1. The van der Waals surface area contributed by atoms with Gasteiger partial charge in [-0.05, 0) is 41.5 Å². The van der Waals surface area contributed by atoms with Crippen LogP contribution < -0.4 is 9.62 Å². The molecular weight excluding hydrogens is 521 g/mol. The summed E-state index contributed by atoms with van der Waals surface area (Å²) >= 11 is 12.3. The van der Waals surface area contributed by atoms with E-state index in [-0.39, 0.29) is 24.6 Å². The fourth-order valence-electron chi connectivity index (χ4n) is 3.75. The molecule has 3 rings (SSSR count). The van der Waals surface area contributed by atoms with Crippen molar-refractivity contribution >= 4 is 50.7 Å². The van der Waals surface area contributed by atoms with E-state index < -0.39 is 28.5 Å². The van der Waals surface area contributed by atoms with E-state index in [4.69, 9.17) is 23.2 Å². The third kappa shape index (κ3) is 7.22. The van der Waals surface area contributed by atoms with E-state index in [9.17, 15) is 18.0 Å². The summed E-state index contributed by atoms with van der Waals surface area (Å²) in [7, 11) is -2.34. The van der Waals surface area contributed by atoms with Gasteiger partial charge in [0.2, 0.25) is 21.8 Å². The van der Waals surface area contributed by atoms with Crippen LogP contribution in [0.3, 0.4) is 0 Å². The second kappa shape index (κ2) is 12.3. The third-order valence-electron chi connectivity index (χ3n) is 5.61. The number of carbonyl (C=O) groups excluding carboxylic acids is 2. The normalized spacial score (nSPS) is 12.0. The Morgan fingerprint density at radius 3 is 2.11 bits per heavy atom. The minimum absolute atomic E-state index is 0.0155. The molecule has 3 aromatic carbocycles. The van der Waals surface area contributed by atoms with Gasteiger partial charge in [0.05, 0.1) is 11.9 Å². The highest BCUT2D eigenvalue weighted by Gasteiger charge is 2.32. The summed E-state index contributed by atoms with van der Waals surface area (Å²) in [6.45, 7) is -0.491. The van der Waals surface area contributed by atoms with Crippen molar-refractivity contribution in [3.05, 3.63) is 100 Å². The lowest BCUT2D eigenvalue weighted by atomic mass is 10.0. The summed E-state index contributed by atoms with van der Waals surface area (Å²) in [5.41, 5.74) is 1.76. The topological polar surface area (TPSA) is 86.8 Å². The molecule has 1 atom stereocenters. The summed E-state index contributed by atoms with van der Waals surface area (Å²) in [6.07, 6.45) is 1.25. The Morgan fingerprint density at radius 1 is 0.917 bits per heavy atom. The standard InChI is InChI=1S/C26H27Cl2N3O4S/c1-29-26(33)24(16-19-8-4-3-5-9-19)30(17-20-10-6-7-11-23(20)28)25(32)18-31(36(2,34)35)22-14-12-21(27)13-15-22/h3-15,24H,16-18H2,1-2H3,(H,29,33)/t24-/m1/s1. The Hall–Kier alpha value is -3.07. The van der Waals surface area contributed by atoms with Crippen molar-refractivity contribution in [2.45, 2.75) is 19.0 Å². The van der Waals surface area contributed by atoms with E-state index >= 15 is 0 Å². The number of nitrogens with zero attached hydrogens (tertiary/aromatic N) is 2. The van der Waals surface area contributed by atoms with E-state index in [1.807, 2.05) is 30.3 Å². The second-order valence-corrected chi connectivity index (χ2v) is 10.9. The van der Waals surface area contributed by atoms with Crippen LogP contribution in [0.2, 0.25) is 10.0 Å². The van der Waals surface area contributed by atoms with Gasteiger partial charge in [0.15, 0.2) is 0 Å². The van der Waals surface area contributed by atoms with Crippen LogP contribution in [-0.2, 0) is 32.6 Å². The van der Waals surface area contributed by atoms with Gasteiger partial charge in [-0.3, -0.25) is 13.9 Å². The molecule has 10 heteroatoms. The monoisotopic (exact) mass is 547 g/mol. The minimum atomic E-state index is -3.83. The summed E-state index contributed by atoms with van der Waals surface area (Å²) in [5.74, 6) is -0.934. The maximum atomic E-state index is 13.8. The molecule has 190 valence electrons. The average Bonchev–Trinajstić information content (AvgIpc) is 2.85. The maximum absolute atomic E-state index is 13.8. The Bertz CT molecular complexity index is 1300. The van der Waals surface area contributed by atoms with Crippen molar-refractivity contribution in [2.24, 2.45) is 0 Å². The summed E-state index contributed by atoms with van der Waals surface area (Å²) < 4.78 is 26.3. The number of hydrogen-bond acceptors (Lipinski definition) is 4. The maximum Gasteiger partial charge on any atom is 0.244 e. The molecular formula is C26H27Cl2N3O4S. The van der Waals surface area contributed by atoms with Gasteiger partial charge in [0.25, 0.3) is 0 Å². The molecule has 0 aliphatic carbocycles. The molecule has 36 heavy (non-hydrogen) atoms. The highest BCUT2D eigenvalue weighted by molar-refractivity contribution is 7.92. The number of benzene rings is 3. The van der Waals surface area contributed by atoms with E-state index in [1.165, 1.54) is 24.1 Å². The van der Waals surface area contributed by atoms with Crippen molar-refractivity contribution in [3.63, 3.8) is 0 Å². The predicted octanol–water partition coefficient (Wildman–Crippen LogP) is 4.15. The van der Waals surface area contributed by atoms with Crippen LogP contribution in [0.4, 0.5) is 5.69 Å². The molecule has 0 saturated carbocycles. The highest BCUT2D eigenvalue weighted by atomic mass is 35.5. The molecule has 0 fully saturated rings. The van der Waals surface area contributed by atoms with Crippen molar-refractivity contribution in [2.75, 3.05) is 24.2 Å². The first kappa shape index (κ1) is 27.5. The van der Waals surface area contributed by atoms with E-state index in [0.29, 0.717) is 15.6 Å². The number of halogens is 2. The van der Waals surface area contributed by atoms with Crippen LogP contribution in [0, 0.1) is 0 Å². The van der Waals surface area contributed by atoms with Gasteiger partial charge in [0.1, 0.15) is 12.6 Å². The summed E-state index contributed by atoms with van der Waals surface area (Å²) in [4.78, 5) is 28.2. The number of amides is 2. The first-order valence-electron chi connectivity index (χ1n) is 11.1. The number of anilines is 1. The zero-order valence-corrected chi connectivity index (χ0v) is 22.2. The predicted molar refractivity (Wildman–Crippen MR) is 144 cm³/mol. The van der Waals surface area contributed by atoms with Crippen LogP contribution in [0.5, 0.6) is 0 Å². The van der Waals surface area contributed by atoms with Gasteiger partial charge in [-0.15, -0.1) is 0 Å². The SMILES string of the molecule is CNC(=O)[C@@H](Cc1ccccc1)N(Cc1ccccc1Cl)C(=O)CN(c1ccc(Cl)cc1)S(C)(=O)=O. The quantitative estimate of drug-likeness (QED) is 0.413. The van der Waals surface area contributed by atoms with Crippen LogP contribution in [0.25, 0.3) is 0 Å². The van der Waals surface area contributed by atoms with E-state index in [0.717, 1.165) is 16.1 Å². The smallest absolute Gasteiger partial charge is 0.244 e. The molecule has 0 saturated heterocycles. The fraction of sp³-hybridized carbons (Fsp3) is 0.231. The van der Waals surface area contributed by atoms with Gasteiger partial charge in [-0.25, -0.2) is 8.42 Å². The average molecular weight is 548 g/mol. The fourth-order valence-corrected chi connectivity index (χ4v) is 4.92. The van der Waals surface area contributed by atoms with Crippen molar-refractivity contribution < 1.29 is 18.0 Å². The van der Waals surface area contributed by atoms with Gasteiger partial charge < -0.3 is 10.2 Å². The molecule has 0 radical (unpaired) electrons. The molecule has 0 aliphatic heterocycles. The Balaban J connectivity index is 2.03. The lowest BCUT2D eigenvalue weighted by molar-refractivity contribution is -0.139. The summed E-state index contributed by atoms with van der Waals surface area (Å²) in [5, 5.41) is 3.50. The first-order chi connectivity index (χ1) is 17.1. The van der Waals surface area contributed by atoms with Gasteiger partial charge in [0, 0.05) is 30.1 Å². The van der Waals surface area contributed by atoms with Crippen molar-refractivity contribution in [3.8, 4) is 0 Å². The van der Waals surface area contributed by atoms with E-state index in [2.05, 4.69) is 5.32 Å². The van der Waals surface area contributed by atoms with E-state index in [1.54, 1.807) is 36.4 Å². The second-order valence-electron chi connectivity index (χ2n) is 8.18. The third-order valence-corrected chi connectivity index (χ3v) is 7.37. The zero-order valence-electron chi connectivity index (χ0n) is 19.9. The van der Waals surface area contributed by atoms with Crippen LogP contribution in [0.1, 0.15) is 11.1 Å². The van der Waals surface area contributed by atoms with Crippen LogP contribution in [-0.4, -0.2) is 51.0 Å². The molecule has 3 aromatic rings. The van der Waals surface area contributed by atoms with Gasteiger partial charge in [-0.1, -0.05) is 71.7 Å². The lowest BCUT2D eigenvalue weighted by Crippen LogP contribution is -2.52. The van der Waals surface area contributed by atoms with Gasteiger partial charge >= 0.3 is 0 Å². The highest BCUT2D eigenvalue weighted by Crippen LogP contribution is 2.23. The number of rotatable bonds is 10. The molecule has 0 unspecified atom stereocenters. The number of likely N-dealkylation sites (N-methyl/N-ethyl adjacent to an activating group) is 1. The first-order valence-corrected chi connectivity index (χ1v) is 13.7. The zero-order chi connectivity index (χ0) is 26.3. The van der Waals surface area contributed by atoms with Crippen LogP contribution >= 0.6 is 23.2 Å². The van der Waals surface area contributed by atoms with Crippen molar-refractivity contribution in [1.82, 2.24) is 10.2 Å². The molecule has 2 amide bonds. The Labute approximate surface area is 221 Å². The molecule has 0 aromatic heterocycles. The minimum Gasteiger partial charge on any atom is -0.357 e.